The summed E-state index contributed by atoms with van der Waals surface area (Å²) in [6.45, 7) is 0.670. The Labute approximate surface area is 188 Å². The molecule has 1 fully saturated rings. The van der Waals surface area contributed by atoms with Gasteiger partial charge in [-0.3, -0.25) is 4.79 Å². The summed E-state index contributed by atoms with van der Waals surface area (Å²) in [6, 6.07) is 5.87. The lowest BCUT2D eigenvalue weighted by Crippen LogP contribution is -2.47. The van der Waals surface area contributed by atoms with Gasteiger partial charge < -0.3 is 10.2 Å². The Kier molecular flexibility index (Phi) is 5.34. The molecule has 1 aromatic carbocycles. The van der Waals surface area contributed by atoms with Crippen LogP contribution in [0.2, 0.25) is 5.02 Å². The zero-order valence-electron chi connectivity index (χ0n) is 16.8. The summed E-state index contributed by atoms with van der Waals surface area (Å²) in [5.74, 6) is -0.627. The minimum Gasteiger partial charge on any atom is -0.350 e. The first-order chi connectivity index (χ1) is 15.5. The number of carbonyl (C=O) groups is 1. The normalized spacial score (nSPS) is 24.0. The molecule has 0 aliphatic carbocycles. The number of fused-ring (bicyclic) bond motifs is 1. The van der Waals surface area contributed by atoms with Crippen LogP contribution in [0, 0.1) is 11.6 Å². The number of aliphatic imine (C=N–C) groups is 1. The molecule has 0 bridgehead atoms. The number of rotatable bonds is 3. The van der Waals surface area contributed by atoms with Gasteiger partial charge in [-0.1, -0.05) is 11.6 Å². The van der Waals surface area contributed by atoms with E-state index in [1.165, 1.54) is 12.3 Å². The van der Waals surface area contributed by atoms with Crippen LogP contribution >= 0.6 is 11.6 Å². The van der Waals surface area contributed by atoms with Crippen LogP contribution in [0.5, 0.6) is 0 Å². The number of hydrogen-bond donors (Lipinski definition) is 1. The Morgan fingerprint density at radius 1 is 1.22 bits per heavy atom. The van der Waals surface area contributed by atoms with Crippen molar-refractivity contribution in [3.8, 4) is 0 Å². The van der Waals surface area contributed by atoms with E-state index in [2.05, 4.69) is 15.4 Å². The number of hydrazone groups is 1. The number of hydrogen-bond acceptors (Lipinski definition) is 6. The van der Waals surface area contributed by atoms with Crippen LogP contribution in [0.3, 0.4) is 0 Å². The van der Waals surface area contributed by atoms with Gasteiger partial charge in [-0.15, -0.1) is 0 Å². The molecule has 1 aromatic heterocycles. The summed E-state index contributed by atoms with van der Waals surface area (Å²) in [5, 5.41) is 9.27. The van der Waals surface area contributed by atoms with E-state index in [0.717, 1.165) is 18.6 Å². The molecule has 0 spiro atoms. The first-order valence-electron chi connectivity index (χ1n) is 10.2. The third-order valence-electron chi connectivity index (χ3n) is 5.72. The molecular weight excluding hydrogens is 438 g/mol. The Morgan fingerprint density at radius 2 is 2.09 bits per heavy atom. The van der Waals surface area contributed by atoms with Gasteiger partial charge >= 0.3 is 0 Å². The van der Waals surface area contributed by atoms with Crippen molar-refractivity contribution in [3.05, 3.63) is 76.7 Å². The number of aromatic nitrogens is 1. The van der Waals surface area contributed by atoms with E-state index < -0.39 is 23.8 Å². The predicted molar refractivity (Wildman–Crippen MR) is 116 cm³/mol. The summed E-state index contributed by atoms with van der Waals surface area (Å²) in [4.78, 5) is 23.4. The molecule has 164 valence electrons. The number of amidine groups is 1. The van der Waals surface area contributed by atoms with Gasteiger partial charge in [0, 0.05) is 24.5 Å². The van der Waals surface area contributed by atoms with Gasteiger partial charge in [0.15, 0.2) is 6.17 Å². The lowest BCUT2D eigenvalue weighted by atomic mass is 10.0. The molecule has 7 nitrogen and oxygen atoms in total. The molecule has 3 atom stereocenters. The highest BCUT2D eigenvalue weighted by atomic mass is 35.5. The summed E-state index contributed by atoms with van der Waals surface area (Å²) < 4.78 is 28.2. The number of nitrogens with one attached hydrogen (secondary N) is 1. The minimum atomic E-state index is -0.482. The Balaban J connectivity index is 1.36. The summed E-state index contributed by atoms with van der Waals surface area (Å²) in [7, 11) is 0. The van der Waals surface area contributed by atoms with E-state index in [1.807, 2.05) is 4.90 Å². The molecule has 10 heteroatoms. The fraction of sp³-hybridized carbons (Fsp3) is 0.273. The van der Waals surface area contributed by atoms with Crippen molar-refractivity contribution in [3.63, 3.8) is 0 Å². The summed E-state index contributed by atoms with van der Waals surface area (Å²) in [6.07, 6.45) is 7.64. The first kappa shape index (κ1) is 20.6. The highest BCUT2D eigenvalue weighted by Crippen LogP contribution is 2.35. The highest BCUT2D eigenvalue weighted by molar-refractivity contribution is 6.30. The van der Waals surface area contributed by atoms with Crippen molar-refractivity contribution in [2.75, 3.05) is 6.54 Å². The molecule has 1 amide bonds. The van der Waals surface area contributed by atoms with E-state index in [9.17, 15) is 13.6 Å². The van der Waals surface area contributed by atoms with Crippen molar-refractivity contribution >= 4 is 29.6 Å². The fourth-order valence-electron chi connectivity index (χ4n) is 4.20. The van der Waals surface area contributed by atoms with Crippen LogP contribution in [0.15, 0.2) is 58.9 Å². The molecule has 1 N–H and O–H groups in total. The molecule has 1 saturated heterocycles. The van der Waals surface area contributed by atoms with Gasteiger partial charge in [0.25, 0.3) is 5.91 Å². The zero-order valence-corrected chi connectivity index (χ0v) is 17.6. The number of amides is 1. The second-order valence-electron chi connectivity index (χ2n) is 7.74. The quantitative estimate of drug-likeness (QED) is 0.767. The van der Waals surface area contributed by atoms with Gasteiger partial charge in [0.05, 0.1) is 17.3 Å². The van der Waals surface area contributed by atoms with Crippen LogP contribution in [-0.2, 0) is 0 Å². The number of pyridine rings is 1. The van der Waals surface area contributed by atoms with Gasteiger partial charge in [0.2, 0.25) is 0 Å². The molecule has 4 heterocycles. The highest BCUT2D eigenvalue weighted by Gasteiger charge is 2.37. The van der Waals surface area contributed by atoms with Gasteiger partial charge in [-0.25, -0.2) is 23.8 Å². The van der Waals surface area contributed by atoms with E-state index in [0.29, 0.717) is 29.4 Å². The van der Waals surface area contributed by atoms with Crippen LogP contribution in [0.1, 0.15) is 34.9 Å². The number of benzene rings is 1. The molecule has 0 radical (unpaired) electrons. The lowest BCUT2D eigenvalue weighted by molar-refractivity contribution is 0.0931. The van der Waals surface area contributed by atoms with E-state index in [-0.39, 0.29) is 17.6 Å². The Bertz CT molecular complexity index is 1140. The maximum Gasteiger partial charge on any atom is 0.270 e. The summed E-state index contributed by atoms with van der Waals surface area (Å²) >= 11 is 5.83. The van der Waals surface area contributed by atoms with Crippen LogP contribution in [0.25, 0.3) is 0 Å². The fourth-order valence-corrected chi connectivity index (χ4v) is 4.31. The molecule has 2 unspecified atom stereocenters. The third kappa shape index (κ3) is 3.84. The number of carbonyl (C=O) groups excluding carboxylic acids is 1. The van der Waals surface area contributed by atoms with Gasteiger partial charge in [-0.2, -0.15) is 5.10 Å². The largest absolute Gasteiger partial charge is 0.350 e. The average molecular weight is 457 g/mol. The maximum absolute atomic E-state index is 14.4. The predicted octanol–water partition coefficient (Wildman–Crippen LogP) is 3.50. The van der Waals surface area contributed by atoms with Crippen molar-refractivity contribution in [1.29, 1.82) is 0 Å². The monoisotopic (exact) mass is 456 g/mol. The van der Waals surface area contributed by atoms with Crippen molar-refractivity contribution in [1.82, 2.24) is 20.2 Å². The Morgan fingerprint density at radius 3 is 2.91 bits per heavy atom. The molecule has 5 rings (SSSR count). The van der Waals surface area contributed by atoms with Crippen molar-refractivity contribution in [2.45, 2.75) is 31.1 Å². The Hall–Kier alpha value is -3.33. The smallest absolute Gasteiger partial charge is 0.270 e. The van der Waals surface area contributed by atoms with Crippen LogP contribution in [0.4, 0.5) is 8.78 Å². The second-order valence-corrected chi connectivity index (χ2v) is 8.18. The second kappa shape index (κ2) is 8.31. The summed E-state index contributed by atoms with van der Waals surface area (Å²) in [5.41, 5.74) is 0.556. The maximum atomic E-state index is 14.4. The van der Waals surface area contributed by atoms with Crippen LogP contribution in [-0.4, -0.2) is 51.6 Å². The molecule has 32 heavy (non-hydrogen) atoms. The van der Waals surface area contributed by atoms with E-state index in [1.54, 1.807) is 35.6 Å². The number of likely N-dealkylation sites (tertiary alicyclic amines) is 1. The van der Waals surface area contributed by atoms with Gasteiger partial charge in [-0.05, 0) is 49.2 Å². The first-order valence-corrected chi connectivity index (χ1v) is 10.6. The molecule has 2 aromatic rings. The molecule has 3 aliphatic heterocycles. The van der Waals surface area contributed by atoms with E-state index in [4.69, 9.17) is 16.6 Å². The average Bonchev–Trinajstić information content (AvgIpc) is 3.43. The van der Waals surface area contributed by atoms with Crippen LogP contribution < -0.4 is 5.32 Å². The van der Waals surface area contributed by atoms with Crippen molar-refractivity contribution in [2.24, 2.45) is 10.1 Å². The molecule has 0 saturated carbocycles. The lowest BCUT2D eigenvalue weighted by Gasteiger charge is -2.32. The molecule has 3 aliphatic rings. The zero-order chi connectivity index (χ0) is 22.2. The van der Waals surface area contributed by atoms with Crippen molar-refractivity contribution < 1.29 is 13.6 Å². The van der Waals surface area contributed by atoms with Gasteiger partial charge in [0.1, 0.15) is 29.2 Å². The number of nitrogens with zero attached hydrogens (tertiary/aromatic N) is 5. The third-order valence-corrected chi connectivity index (χ3v) is 5.94. The minimum absolute atomic E-state index is 0.234. The SMILES string of the molecule is O=C(NC1C=NN2C=CC(N3CCC[C@@H]3c3cc(F)ccc3F)=NC12)c1ccc(Cl)cn1. The standard InChI is InChI=1S/C22H19ClF2N6O/c23-13-3-6-17(26-11-13)22(32)28-18-12-27-31-9-7-20(29-21(18)31)30-8-1-2-19(30)15-10-14(24)4-5-16(15)25/h3-7,9-12,18-19,21H,1-2,8H2,(H,28,32)/t18?,19-,21?/m1/s1. The topological polar surface area (TPSA) is 73.2 Å². The van der Waals surface area contributed by atoms with E-state index >= 15 is 0 Å². The number of halogens is 3. The molecular formula is C22H19ClF2N6O.